The fourth-order valence-electron chi connectivity index (χ4n) is 4.01. The summed E-state index contributed by atoms with van der Waals surface area (Å²) in [7, 11) is 0. The number of amides is 1. The van der Waals surface area contributed by atoms with Gasteiger partial charge in [0.05, 0.1) is 5.92 Å². The minimum Gasteiger partial charge on any atom is -0.481 e. The molecule has 3 aromatic rings. The molecule has 0 bridgehead atoms. The number of carboxylic acids is 1. The van der Waals surface area contributed by atoms with E-state index in [4.69, 9.17) is 4.74 Å². The average Bonchev–Trinajstić information content (AvgIpc) is 2.82. The Morgan fingerprint density at radius 3 is 1.91 bits per heavy atom. The van der Waals surface area contributed by atoms with Gasteiger partial charge in [0.25, 0.3) is 0 Å². The lowest BCUT2D eigenvalue weighted by molar-refractivity contribution is -0.141. The summed E-state index contributed by atoms with van der Waals surface area (Å²) in [4.78, 5) is 26.8. The van der Waals surface area contributed by atoms with Crippen LogP contribution < -0.4 is 0 Å². The van der Waals surface area contributed by atoms with Crippen molar-refractivity contribution in [2.45, 2.75) is 58.7 Å². The van der Waals surface area contributed by atoms with E-state index in [9.17, 15) is 14.7 Å². The zero-order valence-electron chi connectivity index (χ0n) is 21.0. The molecule has 0 saturated carbocycles. The molecule has 0 aromatic heterocycles. The number of rotatable bonds is 9. The third-order valence-corrected chi connectivity index (χ3v) is 5.84. The number of ether oxygens (including phenoxy) is 1. The van der Waals surface area contributed by atoms with Gasteiger partial charge in [-0.1, -0.05) is 91.9 Å². The monoisotopic (exact) mass is 473 g/mol. The van der Waals surface area contributed by atoms with Crippen LogP contribution >= 0.6 is 0 Å². The molecule has 5 heteroatoms. The fourth-order valence-corrected chi connectivity index (χ4v) is 4.01. The van der Waals surface area contributed by atoms with E-state index in [2.05, 4.69) is 36.4 Å². The van der Waals surface area contributed by atoms with E-state index >= 15 is 0 Å². The van der Waals surface area contributed by atoms with E-state index in [1.807, 2.05) is 69.3 Å². The van der Waals surface area contributed by atoms with Gasteiger partial charge in [0.15, 0.2) is 0 Å². The summed E-state index contributed by atoms with van der Waals surface area (Å²) >= 11 is 0. The van der Waals surface area contributed by atoms with Crippen LogP contribution in [0.1, 0.15) is 45.2 Å². The topological polar surface area (TPSA) is 66.8 Å². The number of carboxylic acid groups (broad SMARTS) is 1. The van der Waals surface area contributed by atoms with E-state index in [0.29, 0.717) is 19.4 Å². The van der Waals surface area contributed by atoms with Crippen LogP contribution in [0.2, 0.25) is 0 Å². The Bertz CT molecular complexity index is 1090. The van der Waals surface area contributed by atoms with Gasteiger partial charge in [-0.05, 0) is 55.9 Å². The zero-order valence-corrected chi connectivity index (χ0v) is 21.0. The largest absolute Gasteiger partial charge is 0.481 e. The van der Waals surface area contributed by atoms with Crippen molar-refractivity contribution in [2.24, 2.45) is 5.92 Å². The third kappa shape index (κ3) is 7.99. The number of nitrogens with zero attached hydrogens (tertiary/aromatic N) is 1. The van der Waals surface area contributed by atoms with Crippen LogP contribution in [0.5, 0.6) is 0 Å². The van der Waals surface area contributed by atoms with Crippen molar-refractivity contribution in [1.82, 2.24) is 4.90 Å². The lowest BCUT2D eigenvalue weighted by Crippen LogP contribution is -2.45. The minimum atomic E-state index is -0.877. The summed E-state index contributed by atoms with van der Waals surface area (Å²) in [5.74, 6) is -1.48. The molecule has 0 fully saturated rings. The molecule has 0 heterocycles. The second kappa shape index (κ2) is 11.7. The van der Waals surface area contributed by atoms with Crippen molar-refractivity contribution >= 4 is 12.1 Å². The average molecular weight is 474 g/mol. The molecule has 5 nitrogen and oxygen atoms in total. The Morgan fingerprint density at radius 2 is 1.37 bits per heavy atom. The Hall–Kier alpha value is -3.60. The number of hydrogen-bond donors (Lipinski definition) is 1. The molecule has 2 atom stereocenters. The lowest BCUT2D eigenvalue weighted by atomic mass is 9.93. The smallest absolute Gasteiger partial charge is 0.410 e. The van der Waals surface area contributed by atoms with Crippen LogP contribution in [-0.2, 0) is 22.5 Å². The summed E-state index contributed by atoms with van der Waals surface area (Å²) < 4.78 is 5.75. The molecule has 1 amide bonds. The van der Waals surface area contributed by atoms with E-state index < -0.39 is 23.6 Å². The van der Waals surface area contributed by atoms with Crippen LogP contribution in [0, 0.1) is 5.92 Å². The highest BCUT2D eigenvalue weighted by Gasteiger charge is 2.31. The summed E-state index contributed by atoms with van der Waals surface area (Å²) in [5.41, 5.74) is 3.58. The first-order chi connectivity index (χ1) is 16.6. The number of carbonyl (C=O) groups excluding carboxylic acids is 1. The first-order valence-corrected chi connectivity index (χ1v) is 12.0. The van der Waals surface area contributed by atoms with Gasteiger partial charge < -0.3 is 14.7 Å². The lowest BCUT2D eigenvalue weighted by Gasteiger charge is -2.35. The van der Waals surface area contributed by atoms with Gasteiger partial charge >= 0.3 is 12.1 Å². The maximum Gasteiger partial charge on any atom is 0.410 e. The van der Waals surface area contributed by atoms with E-state index in [1.54, 1.807) is 11.8 Å². The highest BCUT2D eigenvalue weighted by molar-refractivity contribution is 5.71. The Labute approximate surface area is 208 Å². The van der Waals surface area contributed by atoms with Crippen molar-refractivity contribution in [3.05, 3.63) is 96.1 Å². The molecule has 0 saturated heterocycles. The zero-order chi connectivity index (χ0) is 25.4. The molecule has 0 radical (unpaired) electrons. The normalized spacial score (nSPS) is 13.0. The summed E-state index contributed by atoms with van der Waals surface area (Å²) in [5, 5.41) is 9.62. The van der Waals surface area contributed by atoms with Crippen LogP contribution in [0.15, 0.2) is 84.9 Å². The minimum absolute atomic E-state index is 0.321. The predicted molar refractivity (Wildman–Crippen MR) is 139 cm³/mol. The standard InChI is InChI=1S/C30H35NO4/c1-22(28(32)33)19-27(20-23-15-17-26(18-16-23)25-13-9-6-10-14-25)31(29(34)35-30(2,3)4)21-24-11-7-5-8-12-24/h5-18,22,27H,19-21H2,1-4H3,(H,32,33)/t22?,27-/m0/s1. The third-order valence-electron chi connectivity index (χ3n) is 5.84. The van der Waals surface area contributed by atoms with E-state index in [-0.39, 0.29) is 6.04 Å². The van der Waals surface area contributed by atoms with Crippen LogP contribution in [-0.4, -0.2) is 33.7 Å². The van der Waals surface area contributed by atoms with Crippen molar-refractivity contribution in [3.63, 3.8) is 0 Å². The Kier molecular flexibility index (Phi) is 8.69. The molecule has 0 aliphatic heterocycles. The number of aliphatic carboxylic acids is 1. The molecule has 3 rings (SSSR count). The molecular formula is C30H35NO4. The SMILES string of the molecule is CC(C[C@@H](Cc1ccc(-c2ccccc2)cc1)N(Cc1ccccc1)C(=O)OC(C)(C)C)C(=O)O. The van der Waals surface area contributed by atoms with Crippen LogP contribution in [0.3, 0.4) is 0 Å². The van der Waals surface area contributed by atoms with Crippen LogP contribution in [0.4, 0.5) is 4.79 Å². The Morgan fingerprint density at radius 1 is 0.829 bits per heavy atom. The first kappa shape index (κ1) is 26.0. The second-order valence-corrected chi connectivity index (χ2v) is 9.99. The Balaban J connectivity index is 1.91. The van der Waals surface area contributed by atoms with Crippen LogP contribution in [0.25, 0.3) is 11.1 Å². The van der Waals surface area contributed by atoms with Gasteiger partial charge in [-0.2, -0.15) is 0 Å². The number of carbonyl (C=O) groups is 2. The summed E-state index contributed by atoms with van der Waals surface area (Å²) in [6, 6.07) is 27.7. The molecular weight excluding hydrogens is 438 g/mol. The first-order valence-electron chi connectivity index (χ1n) is 12.0. The van der Waals surface area contributed by atoms with E-state index in [1.165, 1.54) is 0 Å². The summed E-state index contributed by atoms with van der Waals surface area (Å²) in [6.07, 6.45) is 0.408. The van der Waals surface area contributed by atoms with Gasteiger partial charge in [-0.3, -0.25) is 4.79 Å². The fraction of sp³-hybridized carbons (Fsp3) is 0.333. The van der Waals surface area contributed by atoms with Gasteiger partial charge in [0.2, 0.25) is 0 Å². The van der Waals surface area contributed by atoms with Gasteiger partial charge in [0.1, 0.15) is 5.60 Å². The van der Waals surface area contributed by atoms with Crippen molar-refractivity contribution in [2.75, 3.05) is 0 Å². The van der Waals surface area contributed by atoms with Gasteiger partial charge in [0, 0.05) is 12.6 Å². The maximum absolute atomic E-state index is 13.3. The quantitative estimate of drug-likeness (QED) is 0.371. The van der Waals surface area contributed by atoms with Gasteiger partial charge in [-0.25, -0.2) is 4.79 Å². The van der Waals surface area contributed by atoms with Crippen molar-refractivity contribution < 1.29 is 19.4 Å². The molecule has 1 unspecified atom stereocenters. The molecule has 1 N–H and O–H groups in total. The molecule has 184 valence electrons. The molecule has 0 aliphatic rings. The molecule has 3 aromatic carbocycles. The highest BCUT2D eigenvalue weighted by atomic mass is 16.6. The summed E-state index contributed by atoms with van der Waals surface area (Å²) in [6.45, 7) is 7.53. The molecule has 35 heavy (non-hydrogen) atoms. The van der Waals surface area contributed by atoms with E-state index in [0.717, 1.165) is 22.3 Å². The molecule has 0 spiro atoms. The van der Waals surface area contributed by atoms with Crippen molar-refractivity contribution in [1.29, 1.82) is 0 Å². The second-order valence-electron chi connectivity index (χ2n) is 9.99. The van der Waals surface area contributed by atoms with Gasteiger partial charge in [-0.15, -0.1) is 0 Å². The predicted octanol–water partition coefficient (Wildman–Crippen LogP) is 6.81. The highest BCUT2D eigenvalue weighted by Crippen LogP contribution is 2.25. The maximum atomic E-state index is 13.3. The number of hydrogen-bond acceptors (Lipinski definition) is 3. The number of benzene rings is 3. The molecule has 0 aliphatic carbocycles. The van der Waals surface area contributed by atoms with Crippen molar-refractivity contribution in [3.8, 4) is 11.1 Å².